The molecule has 0 atom stereocenters. The maximum Gasteiger partial charge on any atom is 0.244 e. The zero-order valence-corrected chi connectivity index (χ0v) is 16.3. The Bertz CT molecular complexity index is 1210. The third kappa shape index (κ3) is 4.58. The van der Waals surface area contributed by atoms with Gasteiger partial charge < -0.3 is 4.74 Å². The summed E-state index contributed by atoms with van der Waals surface area (Å²) in [7, 11) is -6.74. The molecule has 0 fully saturated rings. The fraction of sp³-hybridized carbons (Fsp3) is 0.188. The molecule has 2 heterocycles. The van der Waals surface area contributed by atoms with Crippen molar-refractivity contribution in [3.05, 3.63) is 54.6 Å². The molecule has 2 aromatic heterocycles. The van der Waals surface area contributed by atoms with Gasteiger partial charge in [-0.2, -0.15) is 5.10 Å². The third-order valence-electron chi connectivity index (χ3n) is 3.75. The van der Waals surface area contributed by atoms with Gasteiger partial charge in [0.05, 0.1) is 24.1 Å². The van der Waals surface area contributed by atoms with Gasteiger partial charge in [0.25, 0.3) is 0 Å². The molecular formula is C16H17FN4O5S2. The Morgan fingerprint density at radius 1 is 1.14 bits per heavy atom. The highest BCUT2D eigenvalue weighted by atomic mass is 32.2. The number of sulfonamides is 2. The summed E-state index contributed by atoms with van der Waals surface area (Å²) in [5.74, 6) is -1.33. The number of benzene rings is 1. The smallest absolute Gasteiger partial charge is 0.244 e. The summed E-state index contributed by atoms with van der Waals surface area (Å²) < 4.78 is 73.5. The highest BCUT2D eigenvalue weighted by molar-refractivity contribution is 7.92. The fourth-order valence-electron chi connectivity index (χ4n) is 2.46. The van der Waals surface area contributed by atoms with Crippen LogP contribution < -0.4 is 14.2 Å². The van der Waals surface area contributed by atoms with Gasteiger partial charge in [0.15, 0.2) is 0 Å². The number of halogens is 1. The maximum absolute atomic E-state index is 13.4. The number of ether oxygens (including phenoxy) is 1. The fourth-order valence-corrected chi connectivity index (χ4v) is 4.76. The molecule has 0 radical (unpaired) electrons. The second-order valence-corrected chi connectivity index (χ2v) is 9.31. The number of hydrogen-bond donors (Lipinski definition) is 2. The molecular weight excluding hydrogens is 411 g/mol. The average Bonchev–Trinajstić information content (AvgIpc) is 3.08. The summed E-state index contributed by atoms with van der Waals surface area (Å²) in [6, 6.07) is 7.86. The van der Waals surface area contributed by atoms with Crippen LogP contribution in [0.3, 0.4) is 0 Å². The van der Waals surface area contributed by atoms with Gasteiger partial charge in [-0.25, -0.2) is 30.5 Å². The van der Waals surface area contributed by atoms with E-state index in [0.717, 1.165) is 12.1 Å². The number of methoxy groups -OCH3 is 1. The molecule has 0 saturated carbocycles. The van der Waals surface area contributed by atoms with Gasteiger partial charge >= 0.3 is 0 Å². The van der Waals surface area contributed by atoms with Crippen molar-refractivity contribution in [2.45, 2.75) is 4.90 Å². The van der Waals surface area contributed by atoms with Crippen LogP contribution in [0.15, 0.2) is 53.7 Å². The van der Waals surface area contributed by atoms with Crippen molar-refractivity contribution in [2.24, 2.45) is 0 Å². The highest BCUT2D eigenvalue weighted by Gasteiger charge is 2.21. The standard InChI is InChI=1S/C16H17FN4O5S2/c1-26-15-3-2-12(17)10-16(15)28(24,25)19-7-9-27(22,23)20-13-5-8-21-14(11-13)4-6-18-21/h2-6,8,10-11,19-20H,7,9H2,1H3. The van der Waals surface area contributed by atoms with E-state index < -0.39 is 43.1 Å². The van der Waals surface area contributed by atoms with Crippen LogP contribution in [-0.4, -0.2) is 45.9 Å². The quantitative estimate of drug-likeness (QED) is 0.557. The first kappa shape index (κ1) is 20.0. The van der Waals surface area contributed by atoms with E-state index in [0.29, 0.717) is 11.2 Å². The van der Waals surface area contributed by atoms with Crippen molar-refractivity contribution >= 4 is 31.3 Å². The van der Waals surface area contributed by atoms with Crippen molar-refractivity contribution in [3.8, 4) is 5.75 Å². The summed E-state index contributed by atoms with van der Waals surface area (Å²) in [4.78, 5) is -0.411. The molecule has 0 amide bonds. The van der Waals surface area contributed by atoms with Gasteiger partial charge in [0.2, 0.25) is 20.0 Å². The summed E-state index contributed by atoms with van der Waals surface area (Å²) in [5.41, 5.74) is 1.02. The summed E-state index contributed by atoms with van der Waals surface area (Å²) in [6.45, 7) is -0.410. The Hall–Kier alpha value is -2.70. The van der Waals surface area contributed by atoms with Crippen LogP contribution in [0.1, 0.15) is 0 Å². The van der Waals surface area contributed by atoms with E-state index in [1.807, 2.05) is 0 Å². The van der Waals surface area contributed by atoms with E-state index in [-0.39, 0.29) is 5.75 Å². The molecule has 2 N–H and O–H groups in total. The number of pyridine rings is 1. The molecule has 28 heavy (non-hydrogen) atoms. The molecule has 1 aromatic carbocycles. The third-order valence-corrected chi connectivity index (χ3v) is 6.52. The lowest BCUT2D eigenvalue weighted by Gasteiger charge is -2.12. The van der Waals surface area contributed by atoms with Crippen LogP contribution in [0.4, 0.5) is 10.1 Å². The number of rotatable bonds is 8. The molecule has 0 saturated heterocycles. The van der Waals surface area contributed by atoms with Crippen LogP contribution in [0.25, 0.3) is 5.52 Å². The Labute approximate surface area is 161 Å². The average molecular weight is 428 g/mol. The van der Waals surface area contributed by atoms with E-state index >= 15 is 0 Å². The Morgan fingerprint density at radius 3 is 2.68 bits per heavy atom. The van der Waals surface area contributed by atoms with E-state index in [9.17, 15) is 21.2 Å². The lowest BCUT2D eigenvalue weighted by atomic mass is 10.3. The van der Waals surface area contributed by atoms with E-state index in [1.165, 1.54) is 19.2 Å². The van der Waals surface area contributed by atoms with Gasteiger partial charge in [-0.05, 0) is 36.4 Å². The number of aromatic nitrogens is 2. The Morgan fingerprint density at radius 2 is 1.93 bits per heavy atom. The monoisotopic (exact) mass is 428 g/mol. The van der Waals surface area contributed by atoms with E-state index in [1.54, 1.807) is 29.0 Å². The van der Waals surface area contributed by atoms with Crippen LogP contribution in [0, 0.1) is 5.82 Å². The second-order valence-electron chi connectivity index (χ2n) is 5.73. The topological polar surface area (TPSA) is 119 Å². The summed E-state index contributed by atoms with van der Waals surface area (Å²) >= 11 is 0. The number of nitrogens with zero attached hydrogens (tertiary/aromatic N) is 2. The van der Waals surface area contributed by atoms with Gasteiger partial charge in [0, 0.05) is 18.9 Å². The van der Waals surface area contributed by atoms with Crippen LogP contribution in [0.5, 0.6) is 5.75 Å². The number of hydrogen-bond acceptors (Lipinski definition) is 6. The summed E-state index contributed by atoms with van der Waals surface area (Å²) in [6.07, 6.45) is 3.16. The zero-order valence-electron chi connectivity index (χ0n) is 14.7. The molecule has 3 aromatic rings. The molecule has 12 heteroatoms. The van der Waals surface area contributed by atoms with Crippen molar-refractivity contribution in [1.29, 1.82) is 0 Å². The van der Waals surface area contributed by atoms with E-state index in [4.69, 9.17) is 4.74 Å². The predicted octanol–water partition coefficient (Wildman–Crippen LogP) is 1.20. The predicted molar refractivity (Wildman–Crippen MR) is 101 cm³/mol. The molecule has 0 aliphatic heterocycles. The lowest BCUT2D eigenvalue weighted by Crippen LogP contribution is -2.31. The van der Waals surface area contributed by atoms with Gasteiger partial charge in [-0.15, -0.1) is 0 Å². The number of nitrogens with one attached hydrogen (secondary N) is 2. The zero-order chi connectivity index (χ0) is 20.4. The molecule has 0 spiro atoms. The van der Waals surface area contributed by atoms with Gasteiger partial charge in [-0.1, -0.05) is 0 Å². The molecule has 9 nitrogen and oxygen atoms in total. The summed E-state index contributed by atoms with van der Waals surface area (Å²) in [5, 5.41) is 4.01. The molecule has 0 aliphatic rings. The van der Waals surface area contributed by atoms with Crippen LogP contribution in [-0.2, 0) is 20.0 Å². The highest BCUT2D eigenvalue weighted by Crippen LogP contribution is 2.24. The molecule has 150 valence electrons. The van der Waals surface area contributed by atoms with Gasteiger partial charge in [0.1, 0.15) is 16.5 Å². The number of anilines is 1. The second kappa shape index (κ2) is 7.73. The van der Waals surface area contributed by atoms with Crippen molar-refractivity contribution in [1.82, 2.24) is 14.3 Å². The van der Waals surface area contributed by atoms with Gasteiger partial charge in [-0.3, -0.25) is 4.72 Å². The normalized spacial score (nSPS) is 12.2. The lowest BCUT2D eigenvalue weighted by molar-refractivity contribution is 0.400. The maximum atomic E-state index is 13.4. The SMILES string of the molecule is COc1ccc(F)cc1S(=O)(=O)NCCS(=O)(=O)Nc1ccn2nccc2c1. The first-order valence-electron chi connectivity index (χ1n) is 7.97. The van der Waals surface area contributed by atoms with Crippen molar-refractivity contribution in [2.75, 3.05) is 24.1 Å². The number of fused-ring (bicyclic) bond motifs is 1. The molecule has 0 bridgehead atoms. The molecule has 0 unspecified atom stereocenters. The Balaban J connectivity index is 1.66. The van der Waals surface area contributed by atoms with Crippen molar-refractivity contribution < 1.29 is 26.0 Å². The van der Waals surface area contributed by atoms with Crippen LogP contribution in [0.2, 0.25) is 0 Å². The molecule has 0 aliphatic carbocycles. The minimum absolute atomic E-state index is 0.0519. The Kier molecular flexibility index (Phi) is 5.54. The largest absolute Gasteiger partial charge is 0.495 e. The van der Waals surface area contributed by atoms with Crippen molar-refractivity contribution in [3.63, 3.8) is 0 Å². The van der Waals surface area contributed by atoms with Crippen LogP contribution >= 0.6 is 0 Å². The minimum Gasteiger partial charge on any atom is -0.495 e. The minimum atomic E-state index is -4.16. The first-order valence-corrected chi connectivity index (χ1v) is 11.1. The van der Waals surface area contributed by atoms with E-state index in [2.05, 4.69) is 14.5 Å². The molecule has 3 rings (SSSR count). The first-order chi connectivity index (χ1) is 13.2.